The van der Waals surface area contributed by atoms with Gasteiger partial charge in [-0.25, -0.2) is 14.4 Å². The van der Waals surface area contributed by atoms with E-state index in [2.05, 4.69) is 35.8 Å². The molecule has 32 heavy (non-hydrogen) atoms. The number of hydrogen-bond donors (Lipinski definition) is 2. The number of aromatic nitrogens is 5. The molecule has 0 saturated carbocycles. The number of hydrazone groups is 1. The lowest BCUT2D eigenvalue weighted by atomic mass is 10.2. The van der Waals surface area contributed by atoms with Crippen LogP contribution in [0.25, 0.3) is 5.82 Å². The van der Waals surface area contributed by atoms with E-state index in [1.807, 2.05) is 12.1 Å². The molecule has 0 radical (unpaired) electrons. The van der Waals surface area contributed by atoms with Crippen LogP contribution in [0.2, 0.25) is 5.02 Å². The van der Waals surface area contributed by atoms with Crippen molar-refractivity contribution in [3.05, 3.63) is 76.3 Å². The van der Waals surface area contributed by atoms with E-state index in [-0.39, 0.29) is 28.6 Å². The average molecular weight is 473 g/mol. The molecule has 0 fully saturated rings. The Balaban J connectivity index is 1.58. The topological polar surface area (TPSA) is 137 Å². The minimum atomic E-state index is -0.648. The molecule has 10 nitrogen and oxygen atoms in total. The molecule has 2 aromatic heterocycles. The maximum atomic E-state index is 13.7. The number of benzene rings is 2. The fourth-order valence-electron chi connectivity index (χ4n) is 2.59. The van der Waals surface area contributed by atoms with Crippen LogP contribution in [-0.2, 0) is 5.75 Å². The smallest absolute Gasteiger partial charge is 0.293 e. The van der Waals surface area contributed by atoms with Crippen molar-refractivity contribution in [3.63, 3.8) is 0 Å². The second-order valence-corrected chi connectivity index (χ2v) is 7.72. The summed E-state index contributed by atoms with van der Waals surface area (Å²) in [5, 5.41) is 19.6. The van der Waals surface area contributed by atoms with Gasteiger partial charge in [-0.15, -0.1) is 16.9 Å². The van der Waals surface area contributed by atoms with Crippen LogP contribution in [0.3, 0.4) is 0 Å². The Bertz CT molecular complexity index is 1270. The van der Waals surface area contributed by atoms with Crippen LogP contribution in [0.4, 0.5) is 10.2 Å². The summed E-state index contributed by atoms with van der Waals surface area (Å²) in [6.07, 6.45) is 1.19. The minimum absolute atomic E-state index is 0.0143. The Hall–Kier alpha value is -3.77. The maximum absolute atomic E-state index is 13.7. The lowest BCUT2D eigenvalue weighted by Gasteiger charge is -2.06. The summed E-state index contributed by atoms with van der Waals surface area (Å²) in [6.45, 7) is 0. The summed E-state index contributed by atoms with van der Waals surface area (Å²) in [5.41, 5.74) is 8.68. The van der Waals surface area contributed by atoms with Crippen molar-refractivity contribution in [2.24, 2.45) is 5.10 Å². The molecule has 4 rings (SSSR count). The summed E-state index contributed by atoms with van der Waals surface area (Å²) in [7, 11) is 0. The standard InChI is InChI=1S/C19H14ClFN8O2S/c20-12-5-7-13(8-6-12)32-10-15-16(24-28-29(15)18-17(22)26-31-27-18)19(30)25-23-9-11-3-1-2-4-14(11)21/h1-9H,10H2,(H2,22,26)(H,25,30). The van der Waals surface area contributed by atoms with Crippen LogP contribution in [0.5, 0.6) is 0 Å². The normalized spacial score (nSPS) is 11.2. The quantitative estimate of drug-likeness (QED) is 0.238. The first-order chi connectivity index (χ1) is 15.5. The Morgan fingerprint density at radius 1 is 1.25 bits per heavy atom. The summed E-state index contributed by atoms with van der Waals surface area (Å²) < 4.78 is 19.6. The van der Waals surface area contributed by atoms with Crippen molar-refractivity contribution in [3.8, 4) is 5.82 Å². The molecule has 4 aromatic rings. The van der Waals surface area contributed by atoms with Gasteiger partial charge >= 0.3 is 0 Å². The number of nitrogens with zero attached hydrogens (tertiary/aromatic N) is 6. The van der Waals surface area contributed by atoms with Crippen molar-refractivity contribution in [2.75, 3.05) is 5.73 Å². The zero-order chi connectivity index (χ0) is 22.5. The third-order valence-corrected chi connectivity index (χ3v) is 5.41. The van der Waals surface area contributed by atoms with E-state index in [1.54, 1.807) is 24.3 Å². The molecule has 2 aromatic carbocycles. The van der Waals surface area contributed by atoms with Gasteiger partial charge in [0.15, 0.2) is 5.69 Å². The number of rotatable bonds is 7. The molecular formula is C19H14ClFN8O2S. The molecule has 0 aliphatic rings. The zero-order valence-corrected chi connectivity index (χ0v) is 17.7. The monoisotopic (exact) mass is 472 g/mol. The molecule has 0 aliphatic carbocycles. The number of carbonyl (C=O) groups excluding carboxylic acids is 1. The van der Waals surface area contributed by atoms with Gasteiger partial charge in [0.2, 0.25) is 11.6 Å². The summed E-state index contributed by atoms with van der Waals surface area (Å²) in [6, 6.07) is 13.2. The average Bonchev–Trinajstić information content (AvgIpc) is 3.40. The first kappa shape index (κ1) is 21.5. The number of anilines is 1. The largest absolute Gasteiger partial charge is 0.378 e. The van der Waals surface area contributed by atoms with Crippen molar-refractivity contribution in [1.82, 2.24) is 30.7 Å². The highest BCUT2D eigenvalue weighted by atomic mass is 35.5. The minimum Gasteiger partial charge on any atom is -0.378 e. The van der Waals surface area contributed by atoms with E-state index in [9.17, 15) is 9.18 Å². The molecular weight excluding hydrogens is 459 g/mol. The van der Waals surface area contributed by atoms with Gasteiger partial charge in [0, 0.05) is 21.2 Å². The van der Waals surface area contributed by atoms with Crippen LogP contribution >= 0.6 is 23.4 Å². The fourth-order valence-corrected chi connectivity index (χ4v) is 3.61. The second-order valence-electron chi connectivity index (χ2n) is 6.23. The van der Waals surface area contributed by atoms with Crippen LogP contribution in [0, 0.1) is 5.82 Å². The van der Waals surface area contributed by atoms with Gasteiger partial charge in [0.05, 0.1) is 11.9 Å². The highest BCUT2D eigenvalue weighted by Crippen LogP contribution is 2.27. The van der Waals surface area contributed by atoms with Crippen LogP contribution in [0.1, 0.15) is 21.7 Å². The Morgan fingerprint density at radius 2 is 2.03 bits per heavy atom. The van der Waals surface area contributed by atoms with Crippen molar-refractivity contribution in [2.45, 2.75) is 10.6 Å². The first-order valence-corrected chi connectivity index (χ1v) is 10.4. The summed E-state index contributed by atoms with van der Waals surface area (Å²) >= 11 is 7.34. The molecule has 2 heterocycles. The molecule has 0 unspecified atom stereocenters. The molecule has 13 heteroatoms. The highest BCUT2D eigenvalue weighted by Gasteiger charge is 2.24. The SMILES string of the molecule is Nc1nonc1-n1nnc(C(=O)NN=Cc2ccccc2F)c1CSc1ccc(Cl)cc1. The van der Waals surface area contributed by atoms with Crippen molar-refractivity contribution in [1.29, 1.82) is 0 Å². The van der Waals surface area contributed by atoms with Gasteiger partial charge in [0.1, 0.15) is 5.82 Å². The summed E-state index contributed by atoms with van der Waals surface area (Å²) in [5.74, 6) is -0.757. The number of thioether (sulfide) groups is 1. The number of halogens is 2. The van der Waals surface area contributed by atoms with E-state index < -0.39 is 11.7 Å². The Kier molecular flexibility index (Phi) is 6.42. The molecule has 3 N–H and O–H groups in total. The van der Waals surface area contributed by atoms with Crippen molar-refractivity contribution < 1.29 is 13.8 Å². The molecule has 0 aliphatic heterocycles. The number of nitrogens with two attached hydrogens (primary N) is 1. The Labute approximate surface area is 189 Å². The van der Waals surface area contributed by atoms with Gasteiger partial charge < -0.3 is 5.73 Å². The zero-order valence-electron chi connectivity index (χ0n) is 16.1. The number of amides is 1. The van der Waals surface area contributed by atoms with Gasteiger partial charge in [0.25, 0.3) is 5.91 Å². The molecule has 0 saturated heterocycles. The Morgan fingerprint density at radius 3 is 2.75 bits per heavy atom. The van der Waals surface area contributed by atoms with E-state index in [0.29, 0.717) is 10.7 Å². The molecule has 162 valence electrons. The van der Waals surface area contributed by atoms with E-state index >= 15 is 0 Å². The number of nitrogens with one attached hydrogen (secondary N) is 1. The fraction of sp³-hybridized carbons (Fsp3) is 0.0526. The van der Waals surface area contributed by atoms with Crippen molar-refractivity contribution >= 4 is 41.3 Å². The lowest BCUT2D eigenvalue weighted by Crippen LogP contribution is -2.20. The number of carbonyl (C=O) groups is 1. The summed E-state index contributed by atoms with van der Waals surface area (Å²) in [4.78, 5) is 13.6. The van der Waals surface area contributed by atoms with E-state index in [4.69, 9.17) is 17.3 Å². The van der Waals surface area contributed by atoms with Crippen LogP contribution in [-0.4, -0.2) is 37.4 Å². The molecule has 1 amide bonds. The lowest BCUT2D eigenvalue weighted by molar-refractivity contribution is 0.0949. The van der Waals surface area contributed by atoms with Crippen LogP contribution < -0.4 is 11.2 Å². The first-order valence-electron chi connectivity index (χ1n) is 9.02. The van der Waals surface area contributed by atoms with Gasteiger partial charge in [-0.1, -0.05) is 35.0 Å². The predicted molar refractivity (Wildman–Crippen MR) is 116 cm³/mol. The van der Waals surface area contributed by atoms with Gasteiger partial charge in [-0.2, -0.15) is 9.78 Å². The van der Waals surface area contributed by atoms with Gasteiger partial charge in [-0.05, 0) is 40.6 Å². The van der Waals surface area contributed by atoms with E-state index in [0.717, 1.165) is 4.90 Å². The number of hydrogen-bond acceptors (Lipinski definition) is 9. The third-order valence-electron chi connectivity index (χ3n) is 4.14. The maximum Gasteiger partial charge on any atom is 0.293 e. The van der Waals surface area contributed by atoms with E-state index in [1.165, 1.54) is 34.8 Å². The van der Waals surface area contributed by atoms with Crippen LogP contribution in [0.15, 0.2) is 63.2 Å². The second kappa shape index (κ2) is 9.58. The molecule has 0 bridgehead atoms. The third kappa shape index (κ3) is 4.76. The highest BCUT2D eigenvalue weighted by molar-refractivity contribution is 7.98. The van der Waals surface area contributed by atoms with Gasteiger partial charge in [-0.3, -0.25) is 4.79 Å². The predicted octanol–water partition coefficient (Wildman–Crippen LogP) is 3.08. The number of nitrogen functional groups attached to an aromatic ring is 1. The molecule has 0 atom stereocenters. The molecule has 0 spiro atoms.